The fraction of sp³-hybridized carbons (Fsp3) is 0.690. The average Bonchev–Trinajstić information content (AvgIpc) is 0.828. The van der Waals surface area contributed by atoms with Crippen molar-refractivity contribution < 1.29 is 167 Å². The molecule has 97 heavy (non-hydrogen) atoms. The maximum atomic E-state index is 15.0. The first kappa shape index (κ1) is 87.2. The minimum atomic E-state index is -2.51. The molecular formula is C58H86N4O35. The van der Waals surface area contributed by atoms with Crippen molar-refractivity contribution in [1.29, 1.82) is 0 Å². The lowest BCUT2D eigenvalue weighted by Crippen LogP contribution is -2.62. The number of esters is 15. The van der Waals surface area contributed by atoms with Crippen LogP contribution in [0.15, 0.2) is 0 Å². The molecule has 12 unspecified atom stereocenters. The summed E-state index contributed by atoms with van der Waals surface area (Å²) in [6.45, 7) is 9.58. The van der Waals surface area contributed by atoms with Crippen LogP contribution in [-0.4, -0.2) is 239 Å². The van der Waals surface area contributed by atoms with Crippen molar-refractivity contribution in [2.75, 3.05) is 52.7 Å². The number of nitrogens with one attached hydrogen (secondary N) is 4. The van der Waals surface area contributed by atoms with Gasteiger partial charge in [0.15, 0.2) is 48.8 Å². The minimum absolute atomic E-state index is 0.766. The lowest BCUT2D eigenvalue weighted by atomic mass is 9.86. The number of hydrogen-bond donors (Lipinski definition) is 4. The smallest absolute Gasteiger partial charge is 0.407 e. The lowest BCUT2D eigenvalue weighted by Gasteiger charge is -2.38. The number of rotatable bonds is 40. The van der Waals surface area contributed by atoms with E-state index in [1.54, 1.807) is 0 Å². The molecule has 3 amide bonds. The molecule has 39 heteroatoms. The van der Waals surface area contributed by atoms with Crippen LogP contribution in [0.3, 0.4) is 0 Å². The van der Waals surface area contributed by atoms with Gasteiger partial charge in [0.1, 0.15) is 32.2 Å². The number of carbonyl (C=O) groups is 18. The maximum Gasteiger partial charge on any atom is 0.407 e. The van der Waals surface area contributed by atoms with Crippen molar-refractivity contribution in [2.45, 2.75) is 204 Å². The van der Waals surface area contributed by atoms with E-state index in [-0.39, 0.29) is 0 Å². The molecule has 0 aliphatic carbocycles. The van der Waals surface area contributed by atoms with Crippen LogP contribution in [0.2, 0.25) is 0 Å². The molecule has 0 aromatic carbocycles. The fourth-order valence-corrected chi connectivity index (χ4v) is 8.33. The highest BCUT2D eigenvalue weighted by Gasteiger charge is 2.51. The van der Waals surface area contributed by atoms with Gasteiger partial charge >= 0.3 is 95.6 Å². The topological polar surface area (TPSA) is 512 Å². The van der Waals surface area contributed by atoms with Gasteiger partial charge in [-0.25, -0.2) is 4.79 Å². The van der Waals surface area contributed by atoms with Gasteiger partial charge in [-0.1, -0.05) is 0 Å². The molecule has 12 atom stereocenters. The Morgan fingerprint density at radius 2 is 0.567 bits per heavy atom. The maximum absolute atomic E-state index is 15.0. The van der Waals surface area contributed by atoms with Gasteiger partial charge in [-0.3, -0.25) is 86.8 Å². The van der Waals surface area contributed by atoms with Crippen molar-refractivity contribution in [3.05, 3.63) is 0 Å². The van der Waals surface area contributed by atoms with Crippen LogP contribution in [0.5, 0.6) is 0 Å². The predicted molar refractivity (Wildman–Crippen MR) is 313 cm³/mol. The molecule has 0 rings (SSSR count). The second-order valence-corrected chi connectivity index (χ2v) is 21.9. The monoisotopic (exact) mass is 1400 g/mol. The Balaban J connectivity index is 9.11. The second kappa shape index (κ2) is 42.6. The molecule has 548 valence electrons. The van der Waals surface area contributed by atoms with E-state index in [2.05, 4.69) is 21.3 Å². The third-order valence-electron chi connectivity index (χ3n) is 11.6. The Hall–Kier alpha value is -9.82. The van der Waals surface area contributed by atoms with Gasteiger partial charge in [0.2, 0.25) is 24.6 Å². The quantitative estimate of drug-likeness (QED) is 0.0226. The summed E-state index contributed by atoms with van der Waals surface area (Å²) in [4.78, 5) is 233. The van der Waals surface area contributed by atoms with Gasteiger partial charge in [-0.15, -0.1) is 0 Å². The third kappa shape index (κ3) is 37.2. The number of ether oxygens (including phenoxy) is 17. The number of amides is 3. The zero-order valence-electron chi connectivity index (χ0n) is 56.9. The Kier molecular flexibility index (Phi) is 38.3. The van der Waals surface area contributed by atoms with E-state index in [9.17, 15) is 76.7 Å². The highest BCUT2D eigenvalue weighted by molar-refractivity contribution is 5.86. The highest BCUT2D eigenvalue weighted by Crippen LogP contribution is 2.26. The molecule has 0 aromatic rings. The summed E-state index contributed by atoms with van der Waals surface area (Å²) in [5.74, 6) is -20.3. The zero-order valence-corrected chi connectivity index (χ0v) is 56.9. The summed E-state index contributed by atoms with van der Waals surface area (Å²) in [6, 6.07) is 0. The van der Waals surface area contributed by atoms with Crippen LogP contribution < -0.4 is 21.3 Å². The van der Waals surface area contributed by atoms with E-state index in [0.29, 0.717) is 0 Å². The van der Waals surface area contributed by atoms with Gasteiger partial charge in [0.25, 0.3) is 11.8 Å². The van der Waals surface area contributed by atoms with Crippen molar-refractivity contribution in [1.82, 2.24) is 21.3 Å². The molecule has 0 fully saturated rings. The second-order valence-electron chi connectivity index (χ2n) is 21.9. The SMILES string of the molecule is CC(=O)OCC(OC(C)=O)C(OC(C)=O)C(OC(C)=O)C(OCNCC(CNC(=O)OC(C)(C)C)(CNC(=O)C(OC(C)=O)C(OC(C)=O)C(OC(C)=O)C(COC(C)=O)OC(C)=O)CNC(=O)C(OC(C)=O)C(OC(C)=O)C(OC(C)=O)C(COC(C)=O)OC(C)=O)OC(C)=O. The van der Waals surface area contributed by atoms with E-state index < -0.39 is 245 Å². The third-order valence-corrected chi connectivity index (χ3v) is 11.6. The molecule has 0 spiro atoms. The molecule has 4 N–H and O–H groups in total. The zero-order chi connectivity index (χ0) is 74.8. The number of hydrogen-bond acceptors (Lipinski definition) is 36. The molecule has 0 saturated carbocycles. The highest BCUT2D eigenvalue weighted by atomic mass is 16.7. The van der Waals surface area contributed by atoms with E-state index in [0.717, 1.165) is 104 Å². The van der Waals surface area contributed by atoms with Crippen LogP contribution in [0, 0.1) is 5.41 Å². The van der Waals surface area contributed by atoms with Crippen molar-refractivity contribution in [3.8, 4) is 0 Å². The van der Waals surface area contributed by atoms with Crippen molar-refractivity contribution >= 4 is 107 Å². The summed E-state index contributed by atoms with van der Waals surface area (Å²) in [7, 11) is 0. The van der Waals surface area contributed by atoms with Gasteiger partial charge in [-0.05, 0) is 20.8 Å². The standard InChI is InChI=1S/C58H86N4O35/c1-27(63)81-19-42(85-30(4)66)45(88-33(7)69)48(91-36(10)72)50(93-38(12)74)53(78)60-23-58(25-62-56(80)97-57(16,17)18,22-59-26-84-55(96-41(15)77)52(95-40(14)76)47(90-35(9)71)44(87-32(6)68)21-83-29(3)65)24-61-54(79)51(94-39(13)75)49(92-37(11)73)46(89-34(8)70)43(86-31(5)67)20-82-28(2)64/h42-52,55,59H,19-26H2,1-18H3,(H,60,78)(H,61,79)(H,62,80). The molecule has 0 saturated heterocycles. The molecular weight excluding hydrogens is 1310 g/mol. The summed E-state index contributed by atoms with van der Waals surface area (Å²) in [6.07, 6.45) is -27.5. The minimum Gasteiger partial charge on any atom is -0.462 e. The molecule has 0 aliphatic rings. The largest absolute Gasteiger partial charge is 0.462 e. The first-order valence-corrected chi connectivity index (χ1v) is 29.1. The van der Waals surface area contributed by atoms with Crippen molar-refractivity contribution in [2.24, 2.45) is 5.41 Å². The van der Waals surface area contributed by atoms with Gasteiger partial charge < -0.3 is 96.5 Å². The molecule has 0 bridgehead atoms. The fourth-order valence-electron chi connectivity index (χ4n) is 8.33. The predicted octanol–water partition coefficient (Wildman–Crippen LogP) is -1.88. The first-order valence-electron chi connectivity index (χ1n) is 29.1. The normalized spacial score (nSPS) is 15.2. The molecule has 0 radical (unpaired) electrons. The lowest BCUT2D eigenvalue weighted by molar-refractivity contribution is -0.242. The van der Waals surface area contributed by atoms with Gasteiger partial charge in [-0.2, -0.15) is 0 Å². The molecule has 0 aliphatic heterocycles. The Morgan fingerprint density at radius 1 is 0.299 bits per heavy atom. The van der Waals surface area contributed by atoms with Crippen LogP contribution in [0.4, 0.5) is 4.79 Å². The van der Waals surface area contributed by atoms with Crippen LogP contribution in [-0.2, 0) is 162 Å². The van der Waals surface area contributed by atoms with E-state index >= 15 is 9.59 Å². The number of carbonyl (C=O) groups excluding carboxylic acids is 18. The van der Waals surface area contributed by atoms with E-state index in [4.69, 9.17) is 80.5 Å². The average molecular weight is 1400 g/mol. The van der Waals surface area contributed by atoms with Crippen LogP contribution in [0.25, 0.3) is 0 Å². The Bertz CT molecular complexity index is 2700. The van der Waals surface area contributed by atoms with Crippen molar-refractivity contribution in [3.63, 3.8) is 0 Å². The summed E-state index contributed by atoms with van der Waals surface area (Å²) in [5.41, 5.74) is -3.45. The molecule has 0 heterocycles. The number of alkyl carbamates (subject to hydrolysis) is 1. The molecule has 0 aromatic heterocycles. The van der Waals surface area contributed by atoms with Crippen LogP contribution >= 0.6 is 0 Å². The summed E-state index contributed by atoms with van der Waals surface area (Å²) in [5, 5.41) is 9.97. The van der Waals surface area contributed by atoms with E-state index in [1.807, 2.05) is 0 Å². The van der Waals surface area contributed by atoms with Crippen LogP contribution in [0.1, 0.15) is 125 Å². The Morgan fingerprint density at radius 3 is 0.845 bits per heavy atom. The summed E-state index contributed by atoms with van der Waals surface area (Å²) >= 11 is 0. The Labute approximate surface area is 556 Å². The van der Waals surface area contributed by atoms with E-state index in [1.165, 1.54) is 20.8 Å². The van der Waals surface area contributed by atoms with Gasteiger partial charge in [0, 0.05) is 135 Å². The first-order chi connectivity index (χ1) is 44.8. The summed E-state index contributed by atoms with van der Waals surface area (Å²) < 4.78 is 90.9. The molecule has 39 nitrogen and oxygen atoms in total. The van der Waals surface area contributed by atoms with Gasteiger partial charge in [0.05, 0.1) is 0 Å².